The van der Waals surface area contributed by atoms with E-state index in [1.807, 2.05) is 73.7 Å². The van der Waals surface area contributed by atoms with Crippen LogP contribution in [-0.4, -0.2) is 20.1 Å². The Morgan fingerprint density at radius 2 is 1.61 bits per heavy atom. The van der Waals surface area contributed by atoms with Crippen LogP contribution in [0.3, 0.4) is 0 Å². The zero-order chi connectivity index (χ0) is 19.7. The van der Waals surface area contributed by atoms with Crippen molar-refractivity contribution in [2.24, 2.45) is 0 Å². The Hall–Kier alpha value is -3.47. The number of fused-ring (bicyclic) bond motifs is 1. The van der Waals surface area contributed by atoms with E-state index in [4.69, 9.17) is 9.47 Å². The van der Waals surface area contributed by atoms with E-state index in [2.05, 4.69) is 5.32 Å². The van der Waals surface area contributed by atoms with E-state index in [0.717, 1.165) is 22.5 Å². The van der Waals surface area contributed by atoms with Gasteiger partial charge in [0.2, 0.25) is 0 Å². The Bertz CT molecular complexity index is 1010. The summed E-state index contributed by atoms with van der Waals surface area (Å²) in [6.45, 7) is 2.03. The van der Waals surface area contributed by atoms with Crippen molar-refractivity contribution in [3.05, 3.63) is 83.4 Å². The Morgan fingerprint density at radius 3 is 2.32 bits per heavy atom. The van der Waals surface area contributed by atoms with Crippen LogP contribution in [0, 0.1) is 6.92 Å². The molecule has 1 N–H and O–H groups in total. The summed E-state index contributed by atoms with van der Waals surface area (Å²) in [5.41, 5.74) is 4.35. The van der Waals surface area contributed by atoms with Crippen molar-refractivity contribution in [1.29, 1.82) is 0 Å². The molecule has 5 nitrogen and oxygen atoms in total. The monoisotopic (exact) mass is 374 g/mol. The lowest BCUT2D eigenvalue weighted by atomic mass is 10.0. The zero-order valence-electron chi connectivity index (χ0n) is 16.1. The maximum absolute atomic E-state index is 13.4. The smallest absolute Gasteiger partial charge is 0.262 e. The Balaban J connectivity index is 1.85. The minimum atomic E-state index is -0.370. The fourth-order valence-corrected chi connectivity index (χ4v) is 3.48. The lowest BCUT2D eigenvalue weighted by Crippen LogP contribution is -2.43. The van der Waals surface area contributed by atoms with Gasteiger partial charge in [0.15, 0.2) is 11.5 Å². The number of nitrogens with zero attached hydrogens (tertiary/aromatic N) is 1. The van der Waals surface area contributed by atoms with E-state index in [1.54, 1.807) is 19.1 Å². The standard InChI is InChI=1S/C23H22N2O3/c1-15-8-11-17(12-9-15)25-22(16-10-13-20(27-2)21(14-16)28-3)24-19-7-5-4-6-18(19)23(25)26/h4-14,22,24H,1-3H3. The van der Waals surface area contributed by atoms with E-state index in [9.17, 15) is 4.79 Å². The molecule has 1 amide bonds. The average Bonchev–Trinajstić information content (AvgIpc) is 2.74. The van der Waals surface area contributed by atoms with Gasteiger partial charge in [-0.05, 0) is 48.9 Å². The van der Waals surface area contributed by atoms with Crippen molar-refractivity contribution in [2.75, 3.05) is 24.4 Å². The largest absolute Gasteiger partial charge is 0.493 e. The Labute approximate surface area is 164 Å². The van der Waals surface area contributed by atoms with Gasteiger partial charge in [-0.15, -0.1) is 0 Å². The van der Waals surface area contributed by atoms with E-state index in [-0.39, 0.29) is 12.1 Å². The first-order valence-corrected chi connectivity index (χ1v) is 9.10. The summed E-state index contributed by atoms with van der Waals surface area (Å²) in [7, 11) is 3.21. The van der Waals surface area contributed by atoms with Gasteiger partial charge in [0, 0.05) is 11.4 Å². The van der Waals surface area contributed by atoms with Gasteiger partial charge in [-0.3, -0.25) is 9.69 Å². The van der Waals surface area contributed by atoms with Crippen LogP contribution in [0.2, 0.25) is 0 Å². The number of carbonyl (C=O) groups is 1. The molecule has 1 aliphatic rings. The number of hydrogen-bond donors (Lipinski definition) is 1. The third kappa shape index (κ3) is 3.05. The molecule has 3 aromatic carbocycles. The molecule has 0 spiro atoms. The van der Waals surface area contributed by atoms with Crippen LogP contribution >= 0.6 is 0 Å². The molecule has 1 aliphatic heterocycles. The zero-order valence-corrected chi connectivity index (χ0v) is 16.1. The maximum Gasteiger partial charge on any atom is 0.262 e. The van der Waals surface area contributed by atoms with Crippen LogP contribution < -0.4 is 19.7 Å². The summed E-state index contributed by atoms with van der Waals surface area (Å²) >= 11 is 0. The molecule has 0 saturated heterocycles. The predicted molar refractivity (Wildman–Crippen MR) is 110 cm³/mol. The van der Waals surface area contributed by atoms with Crippen molar-refractivity contribution >= 4 is 17.3 Å². The van der Waals surface area contributed by atoms with Gasteiger partial charge < -0.3 is 14.8 Å². The van der Waals surface area contributed by atoms with Gasteiger partial charge in [-0.25, -0.2) is 0 Å². The summed E-state index contributed by atoms with van der Waals surface area (Å²) in [4.78, 5) is 15.2. The number of ether oxygens (including phenoxy) is 2. The van der Waals surface area contributed by atoms with Crippen molar-refractivity contribution in [3.63, 3.8) is 0 Å². The van der Waals surface area contributed by atoms with Crippen LogP contribution in [0.5, 0.6) is 11.5 Å². The molecule has 142 valence electrons. The lowest BCUT2D eigenvalue weighted by Gasteiger charge is -2.38. The summed E-state index contributed by atoms with van der Waals surface area (Å²) in [5.74, 6) is 1.23. The molecule has 0 aromatic heterocycles. The third-order valence-electron chi connectivity index (χ3n) is 4.96. The summed E-state index contributed by atoms with van der Waals surface area (Å²) in [6, 6.07) is 21.2. The number of rotatable bonds is 4. The molecule has 1 heterocycles. The van der Waals surface area contributed by atoms with E-state index >= 15 is 0 Å². The molecule has 3 aromatic rings. The molecule has 28 heavy (non-hydrogen) atoms. The highest BCUT2D eigenvalue weighted by atomic mass is 16.5. The molecule has 4 rings (SSSR count). The highest BCUT2D eigenvalue weighted by Crippen LogP contribution is 2.39. The summed E-state index contributed by atoms with van der Waals surface area (Å²) in [5, 5.41) is 3.50. The molecular formula is C23H22N2O3. The number of hydrogen-bond acceptors (Lipinski definition) is 4. The minimum absolute atomic E-state index is 0.0435. The third-order valence-corrected chi connectivity index (χ3v) is 4.96. The summed E-state index contributed by atoms with van der Waals surface area (Å²) in [6.07, 6.45) is -0.370. The number of carbonyl (C=O) groups excluding carboxylic acids is 1. The molecule has 0 bridgehead atoms. The van der Waals surface area contributed by atoms with Crippen LogP contribution in [0.25, 0.3) is 0 Å². The molecule has 0 aliphatic carbocycles. The quantitative estimate of drug-likeness (QED) is 0.714. The molecule has 1 unspecified atom stereocenters. The Kier molecular flexibility index (Phi) is 4.65. The maximum atomic E-state index is 13.4. The molecule has 0 saturated carbocycles. The normalized spacial score (nSPS) is 15.6. The number of benzene rings is 3. The van der Waals surface area contributed by atoms with Crippen molar-refractivity contribution in [3.8, 4) is 11.5 Å². The van der Waals surface area contributed by atoms with Crippen LogP contribution in [0.4, 0.5) is 11.4 Å². The van der Waals surface area contributed by atoms with Crippen molar-refractivity contribution in [2.45, 2.75) is 13.1 Å². The lowest BCUT2D eigenvalue weighted by molar-refractivity contribution is 0.0975. The van der Waals surface area contributed by atoms with Crippen LogP contribution in [0.1, 0.15) is 27.7 Å². The Morgan fingerprint density at radius 1 is 0.893 bits per heavy atom. The van der Waals surface area contributed by atoms with Gasteiger partial charge in [0.05, 0.1) is 19.8 Å². The number of nitrogens with one attached hydrogen (secondary N) is 1. The fourth-order valence-electron chi connectivity index (χ4n) is 3.48. The first-order valence-electron chi connectivity index (χ1n) is 9.10. The van der Waals surface area contributed by atoms with E-state index < -0.39 is 0 Å². The first-order chi connectivity index (χ1) is 13.6. The van der Waals surface area contributed by atoms with E-state index in [1.165, 1.54) is 0 Å². The van der Waals surface area contributed by atoms with Gasteiger partial charge in [0.25, 0.3) is 5.91 Å². The minimum Gasteiger partial charge on any atom is -0.493 e. The molecule has 5 heteroatoms. The summed E-state index contributed by atoms with van der Waals surface area (Å²) < 4.78 is 10.8. The number of anilines is 2. The number of methoxy groups -OCH3 is 2. The number of para-hydroxylation sites is 1. The van der Waals surface area contributed by atoms with Crippen LogP contribution in [-0.2, 0) is 0 Å². The van der Waals surface area contributed by atoms with Crippen LogP contribution in [0.15, 0.2) is 66.7 Å². The van der Waals surface area contributed by atoms with Gasteiger partial charge in [-0.1, -0.05) is 35.9 Å². The SMILES string of the molecule is COc1ccc(C2Nc3ccccc3C(=O)N2c2ccc(C)cc2)cc1OC. The number of amides is 1. The predicted octanol–water partition coefficient (Wildman–Crippen LogP) is 4.78. The molecular weight excluding hydrogens is 352 g/mol. The molecule has 0 radical (unpaired) electrons. The fraction of sp³-hybridized carbons (Fsp3) is 0.174. The second kappa shape index (κ2) is 7.27. The van der Waals surface area contributed by atoms with Crippen molar-refractivity contribution in [1.82, 2.24) is 0 Å². The van der Waals surface area contributed by atoms with Gasteiger partial charge in [0.1, 0.15) is 6.17 Å². The highest BCUT2D eigenvalue weighted by Gasteiger charge is 2.34. The number of aryl methyl sites for hydroxylation is 1. The topological polar surface area (TPSA) is 50.8 Å². The highest BCUT2D eigenvalue weighted by molar-refractivity contribution is 6.12. The first kappa shape index (κ1) is 17.9. The van der Waals surface area contributed by atoms with Gasteiger partial charge in [-0.2, -0.15) is 0 Å². The molecule has 0 fully saturated rings. The second-order valence-corrected chi connectivity index (χ2v) is 6.72. The van der Waals surface area contributed by atoms with E-state index in [0.29, 0.717) is 17.1 Å². The second-order valence-electron chi connectivity index (χ2n) is 6.72. The van der Waals surface area contributed by atoms with Gasteiger partial charge >= 0.3 is 0 Å². The average molecular weight is 374 g/mol. The molecule has 1 atom stereocenters. The van der Waals surface area contributed by atoms with Crippen molar-refractivity contribution < 1.29 is 14.3 Å².